The number of nitrogens with one attached hydrogen (secondary N) is 3. The van der Waals surface area contributed by atoms with Crippen molar-refractivity contribution in [2.75, 3.05) is 17.7 Å². The molecule has 0 spiro atoms. The second-order valence-corrected chi connectivity index (χ2v) is 4.26. The predicted molar refractivity (Wildman–Crippen MR) is 77.8 cm³/mol. The average Bonchev–Trinajstić information content (AvgIpc) is 2.99. The zero-order valence-corrected chi connectivity index (χ0v) is 10.8. The quantitative estimate of drug-likeness (QED) is 0.679. The number of fused-ring (bicyclic) bond motifs is 1. The lowest BCUT2D eigenvalue weighted by atomic mass is 10.1. The highest BCUT2D eigenvalue weighted by Gasteiger charge is 2.13. The normalized spacial score (nSPS) is 10.4. The number of benzene rings is 1. The molecule has 2 heterocycles. The van der Waals surface area contributed by atoms with E-state index < -0.39 is 0 Å². The maximum Gasteiger partial charge on any atom is 0.257 e. The number of nitrogens with zero attached hydrogens (tertiary/aromatic N) is 2. The van der Waals surface area contributed by atoms with Gasteiger partial charge in [0.2, 0.25) is 0 Å². The van der Waals surface area contributed by atoms with Gasteiger partial charge in [0, 0.05) is 24.8 Å². The first-order valence-electron chi connectivity index (χ1n) is 6.15. The van der Waals surface area contributed by atoms with Crippen molar-refractivity contribution in [3.63, 3.8) is 0 Å². The molecule has 100 valence electrons. The minimum Gasteiger partial charge on any atom is -0.373 e. The zero-order valence-electron chi connectivity index (χ0n) is 10.8. The van der Waals surface area contributed by atoms with Crippen LogP contribution in [0.2, 0.25) is 0 Å². The number of rotatable bonds is 3. The van der Waals surface area contributed by atoms with Crippen LogP contribution in [0.15, 0.2) is 42.9 Å². The van der Waals surface area contributed by atoms with Gasteiger partial charge in [0.1, 0.15) is 5.82 Å². The molecule has 0 saturated heterocycles. The molecule has 0 saturated carbocycles. The smallest absolute Gasteiger partial charge is 0.257 e. The molecule has 20 heavy (non-hydrogen) atoms. The number of pyridine rings is 1. The molecular weight excluding hydrogens is 254 g/mol. The Hall–Kier alpha value is -2.89. The molecule has 0 aliphatic heterocycles. The van der Waals surface area contributed by atoms with Gasteiger partial charge in [-0.15, -0.1) is 0 Å². The van der Waals surface area contributed by atoms with E-state index >= 15 is 0 Å². The van der Waals surface area contributed by atoms with Crippen molar-refractivity contribution in [1.82, 2.24) is 15.2 Å². The molecule has 0 atom stereocenters. The molecule has 0 unspecified atom stereocenters. The molecular formula is C14H13N5O. The lowest BCUT2D eigenvalue weighted by Gasteiger charge is -2.09. The van der Waals surface area contributed by atoms with Crippen molar-refractivity contribution in [2.24, 2.45) is 0 Å². The highest BCUT2D eigenvalue weighted by molar-refractivity contribution is 6.14. The standard InChI is InChI=1S/C14H13N5O/c1-15-13-11-5-3-2-4-10(11)12(8-16-13)14(20)19-9-6-17-18-7-9/h2-8H,1H3,(H,15,16)(H,17,18)(H,19,20). The van der Waals surface area contributed by atoms with Crippen LogP contribution in [0.1, 0.15) is 10.4 Å². The zero-order chi connectivity index (χ0) is 13.9. The predicted octanol–water partition coefficient (Wildman–Crippen LogP) is 2.25. The first-order chi connectivity index (χ1) is 9.79. The van der Waals surface area contributed by atoms with Crippen LogP contribution in [0, 0.1) is 0 Å². The third kappa shape index (κ3) is 2.07. The molecule has 1 amide bonds. The Morgan fingerprint density at radius 2 is 2.00 bits per heavy atom. The summed E-state index contributed by atoms with van der Waals surface area (Å²) >= 11 is 0. The number of H-pyrrole nitrogens is 1. The summed E-state index contributed by atoms with van der Waals surface area (Å²) in [6.07, 6.45) is 4.74. The van der Waals surface area contributed by atoms with E-state index in [1.165, 1.54) is 0 Å². The Labute approximate surface area is 115 Å². The van der Waals surface area contributed by atoms with Gasteiger partial charge >= 0.3 is 0 Å². The summed E-state index contributed by atoms with van der Waals surface area (Å²) in [4.78, 5) is 16.6. The third-order valence-electron chi connectivity index (χ3n) is 3.03. The van der Waals surface area contributed by atoms with E-state index in [1.54, 1.807) is 25.6 Å². The van der Waals surface area contributed by atoms with Gasteiger partial charge in [-0.05, 0) is 5.39 Å². The molecule has 0 radical (unpaired) electrons. The van der Waals surface area contributed by atoms with Gasteiger partial charge in [-0.1, -0.05) is 24.3 Å². The fourth-order valence-corrected chi connectivity index (χ4v) is 2.09. The number of carbonyl (C=O) groups excluding carboxylic acids is 1. The molecule has 6 heteroatoms. The van der Waals surface area contributed by atoms with Crippen molar-refractivity contribution in [2.45, 2.75) is 0 Å². The molecule has 3 aromatic rings. The minimum absolute atomic E-state index is 0.210. The second-order valence-electron chi connectivity index (χ2n) is 4.26. The van der Waals surface area contributed by atoms with Crippen LogP contribution in [-0.2, 0) is 0 Å². The molecule has 0 aliphatic carbocycles. The summed E-state index contributed by atoms with van der Waals surface area (Å²) in [5.74, 6) is 0.540. The van der Waals surface area contributed by atoms with Crippen LogP contribution in [0.25, 0.3) is 10.8 Å². The average molecular weight is 267 g/mol. The lowest BCUT2D eigenvalue weighted by molar-refractivity contribution is 0.102. The fourth-order valence-electron chi connectivity index (χ4n) is 2.09. The third-order valence-corrected chi connectivity index (χ3v) is 3.03. The fraction of sp³-hybridized carbons (Fsp3) is 0.0714. The van der Waals surface area contributed by atoms with Crippen LogP contribution < -0.4 is 10.6 Å². The first kappa shape index (κ1) is 12.2. The van der Waals surface area contributed by atoms with Gasteiger partial charge in [-0.2, -0.15) is 5.10 Å². The summed E-state index contributed by atoms with van der Waals surface area (Å²) in [5.41, 5.74) is 1.15. The molecule has 0 bridgehead atoms. The van der Waals surface area contributed by atoms with E-state index in [1.807, 2.05) is 24.3 Å². The summed E-state index contributed by atoms with van der Waals surface area (Å²) in [7, 11) is 1.81. The topological polar surface area (TPSA) is 82.7 Å². The Kier molecular flexibility index (Phi) is 3.04. The Bertz CT molecular complexity index is 751. The number of aromatic amines is 1. The number of hydrogen-bond donors (Lipinski definition) is 3. The van der Waals surface area contributed by atoms with Crippen molar-refractivity contribution in [1.29, 1.82) is 0 Å². The largest absolute Gasteiger partial charge is 0.373 e. The molecule has 2 aromatic heterocycles. The van der Waals surface area contributed by atoms with Gasteiger partial charge in [-0.3, -0.25) is 9.89 Å². The lowest BCUT2D eigenvalue weighted by Crippen LogP contribution is -2.12. The van der Waals surface area contributed by atoms with Crippen molar-refractivity contribution >= 4 is 28.2 Å². The van der Waals surface area contributed by atoms with Crippen LogP contribution in [-0.4, -0.2) is 28.1 Å². The van der Waals surface area contributed by atoms with Crippen LogP contribution in [0.3, 0.4) is 0 Å². The van der Waals surface area contributed by atoms with Crippen molar-refractivity contribution < 1.29 is 4.79 Å². The Balaban J connectivity index is 2.05. The van der Waals surface area contributed by atoms with Crippen LogP contribution in [0.4, 0.5) is 11.5 Å². The maximum absolute atomic E-state index is 12.3. The van der Waals surface area contributed by atoms with Gasteiger partial charge < -0.3 is 10.6 Å². The van der Waals surface area contributed by atoms with E-state index in [0.717, 1.165) is 16.6 Å². The van der Waals surface area contributed by atoms with E-state index in [2.05, 4.69) is 25.8 Å². The van der Waals surface area contributed by atoms with Gasteiger partial charge in [-0.25, -0.2) is 4.98 Å². The van der Waals surface area contributed by atoms with Gasteiger partial charge in [0.25, 0.3) is 5.91 Å². The Morgan fingerprint density at radius 3 is 2.70 bits per heavy atom. The monoisotopic (exact) mass is 267 g/mol. The number of carbonyl (C=O) groups is 1. The summed E-state index contributed by atoms with van der Waals surface area (Å²) in [6, 6.07) is 7.66. The summed E-state index contributed by atoms with van der Waals surface area (Å²) in [6.45, 7) is 0. The molecule has 1 aromatic carbocycles. The molecule has 0 fully saturated rings. The second kappa shape index (κ2) is 5.00. The number of anilines is 2. The highest BCUT2D eigenvalue weighted by atomic mass is 16.1. The van der Waals surface area contributed by atoms with Gasteiger partial charge in [0.15, 0.2) is 0 Å². The van der Waals surface area contributed by atoms with Gasteiger partial charge in [0.05, 0.1) is 17.4 Å². The SMILES string of the molecule is CNc1ncc(C(=O)Nc2cn[nH]c2)c2ccccc12. The summed E-state index contributed by atoms with van der Waals surface area (Å²) in [5, 5.41) is 14.0. The van der Waals surface area contributed by atoms with Crippen molar-refractivity contribution in [3.8, 4) is 0 Å². The highest BCUT2D eigenvalue weighted by Crippen LogP contribution is 2.24. The number of hydrogen-bond acceptors (Lipinski definition) is 4. The van der Waals surface area contributed by atoms with Crippen molar-refractivity contribution in [3.05, 3.63) is 48.4 Å². The molecule has 3 N–H and O–H groups in total. The van der Waals surface area contributed by atoms with E-state index in [-0.39, 0.29) is 5.91 Å². The van der Waals surface area contributed by atoms with E-state index in [0.29, 0.717) is 11.3 Å². The number of amides is 1. The molecule has 3 rings (SSSR count). The van der Waals surface area contributed by atoms with E-state index in [4.69, 9.17) is 0 Å². The Morgan fingerprint density at radius 1 is 1.20 bits per heavy atom. The van der Waals surface area contributed by atoms with Crippen LogP contribution in [0.5, 0.6) is 0 Å². The van der Waals surface area contributed by atoms with Crippen LogP contribution >= 0.6 is 0 Å². The molecule has 0 aliphatic rings. The first-order valence-corrected chi connectivity index (χ1v) is 6.15. The molecule has 6 nitrogen and oxygen atoms in total. The maximum atomic E-state index is 12.3. The summed E-state index contributed by atoms with van der Waals surface area (Å²) < 4.78 is 0. The van der Waals surface area contributed by atoms with E-state index in [9.17, 15) is 4.79 Å². The number of aromatic nitrogens is 3. The minimum atomic E-state index is -0.210.